The van der Waals surface area contributed by atoms with Gasteiger partial charge in [-0.25, -0.2) is 0 Å². The first-order valence-corrected chi connectivity index (χ1v) is 6.08. The van der Waals surface area contributed by atoms with Crippen molar-refractivity contribution < 1.29 is 5.11 Å². The molecule has 0 saturated heterocycles. The molecule has 0 amide bonds. The number of aliphatic hydroxyl groups is 1. The van der Waals surface area contributed by atoms with Gasteiger partial charge in [0.1, 0.15) is 0 Å². The van der Waals surface area contributed by atoms with Crippen molar-refractivity contribution in [1.29, 1.82) is 0 Å². The molecule has 1 N–H and O–H groups in total. The predicted molar refractivity (Wildman–Crippen MR) is 63.7 cm³/mol. The first-order valence-electron chi connectivity index (χ1n) is 4.96. The summed E-state index contributed by atoms with van der Waals surface area (Å²) in [7, 11) is 0. The fourth-order valence-electron chi connectivity index (χ4n) is 1.44. The topological polar surface area (TPSA) is 20.2 Å². The molecule has 0 radical (unpaired) electrons. The van der Waals surface area contributed by atoms with E-state index in [0.717, 1.165) is 12.0 Å². The maximum atomic E-state index is 9.56. The molecular weight excluding hydrogens is 240 g/mol. The molecule has 2 heteroatoms. The molecule has 0 fully saturated rings. The van der Waals surface area contributed by atoms with Crippen LogP contribution in [0.2, 0.25) is 0 Å². The van der Waals surface area contributed by atoms with Gasteiger partial charge in [-0.3, -0.25) is 0 Å². The van der Waals surface area contributed by atoms with Crippen LogP contribution in [0.5, 0.6) is 0 Å². The summed E-state index contributed by atoms with van der Waals surface area (Å²) in [6, 6.07) is 8.20. The van der Waals surface area contributed by atoms with E-state index in [9.17, 15) is 5.11 Å². The van der Waals surface area contributed by atoms with E-state index in [1.165, 1.54) is 5.56 Å². The van der Waals surface area contributed by atoms with Crippen LogP contribution in [0.1, 0.15) is 31.1 Å². The Morgan fingerprint density at radius 1 is 1.21 bits per heavy atom. The molecule has 0 aromatic heterocycles. The molecule has 1 nitrogen and oxygen atoms in total. The number of hydrogen-bond acceptors (Lipinski definition) is 1. The normalized spacial score (nSPS) is 13.2. The molecule has 1 aromatic carbocycles. The molecule has 1 rings (SSSR count). The maximum Gasteiger partial charge on any atom is 0.0886 e. The molecule has 1 unspecified atom stereocenters. The highest BCUT2D eigenvalue weighted by Crippen LogP contribution is 2.17. The van der Waals surface area contributed by atoms with Crippen LogP contribution in [0.4, 0.5) is 0 Å². The van der Waals surface area contributed by atoms with Crippen LogP contribution in [0.25, 0.3) is 0 Å². The summed E-state index contributed by atoms with van der Waals surface area (Å²) < 4.78 is 0. The minimum absolute atomic E-state index is 0.386. The van der Waals surface area contributed by atoms with Crippen molar-refractivity contribution in [1.82, 2.24) is 0 Å². The van der Waals surface area contributed by atoms with E-state index in [1.54, 1.807) is 0 Å². The van der Waals surface area contributed by atoms with Crippen molar-refractivity contribution in [3.05, 3.63) is 35.4 Å². The molecule has 0 bridgehead atoms. The second kappa shape index (κ2) is 5.52. The Morgan fingerprint density at radius 3 is 2.21 bits per heavy atom. The van der Waals surface area contributed by atoms with Gasteiger partial charge in [-0.15, -0.1) is 0 Å². The molecule has 0 aliphatic carbocycles. The molecule has 0 aliphatic rings. The quantitative estimate of drug-likeness (QED) is 0.820. The molecule has 0 spiro atoms. The Bertz CT molecular complexity index is 266. The van der Waals surface area contributed by atoms with Crippen LogP contribution >= 0.6 is 15.9 Å². The van der Waals surface area contributed by atoms with Gasteiger partial charge in [0.2, 0.25) is 0 Å². The smallest absolute Gasteiger partial charge is 0.0886 e. The van der Waals surface area contributed by atoms with Crippen molar-refractivity contribution >= 4 is 15.9 Å². The van der Waals surface area contributed by atoms with Gasteiger partial charge in [0.25, 0.3) is 0 Å². The van der Waals surface area contributed by atoms with Gasteiger partial charge in [0.15, 0.2) is 0 Å². The molecule has 0 saturated carbocycles. The summed E-state index contributed by atoms with van der Waals surface area (Å²) in [5.41, 5.74) is 2.32. The second-order valence-electron chi connectivity index (χ2n) is 4.01. The molecule has 0 heterocycles. The van der Waals surface area contributed by atoms with Crippen LogP contribution in [-0.4, -0.2) is 10.4 Å². The lowest BCUT2D eigenvalue weighted by Crippen LogP contribution is -1.99. The van der Waals surface area contributed by atoms with Gasteiger partial charge in [0.05, 0.1) is 6.10 Å². The first-order chi connectivity index (χ1) is 6.63. The minimum atomic E-state index is -0.386. The maximum absolute atomic E-state index is 9.56. The highest BCUT2D eigenvalue weighted by molar-refractivity contribution is 9.09. The van der Waals surface area contributed by atoms with E-state index in [1.807, 2.05) is 12.1 Å². The van der Waals surface area contributed by atoms with E-state index in [0.29, 0.717) is 11.2 Å². The van der Waals surface area contributed by atoms with E-state index in [2.05, 4.69) is 41.9 Å². The van der Waals surface area contributed by atoms with E-state index in [-0.39, 0.29) is 6.10 Å². The zero-order valence-corrected chi connectivity index (χ0v) is 10.3. The number of alkyl halides is 1. The Kier molecular flexibility index (Phi) is 4.63. The highest BCUT2D eigenvalue weighted by atomic mass is 79.9. The van der Waals surface area contributed by atoms with Gasteiger partial charge in [0, 0.05) is 5.33 Å². The molecule has 1 aromatic rings. The fourth-order valence-corrected chi connectivity index (χ4v) is 1.81. The van der Waals surface area contributed by atoms with Crippen molar-refractivity contribution in [2.75, 3.05) is 5.33 Å². The Labute approximate surface area is 94.3 Å². The summed E-state index contributed by atoms with van der Waals surface area (Å²) >= 11 is 3.26. The van der Waals surface area contributed by atoms with E-state index >= 15 is 0 Å². The van der Waals surface area contributed by atoms with Crippen molar-refractivity contribution in [2.45, 2.75) is 26.4 Å². The average Bonchev–Trinajstić information content (AvgIpc) is 2.17. The monoisotopic (exact) mass is 256 g/mol. The number of benzene rings is 1. The zero-order chi connectivity index (χ0) is 10.6. The molecule has 1 atom stereocenters. The zero-order valence-electron chi connectivity index (χ0n) is 8.70. The van der Waals surface area contributed by atoms with Gasteiger partial charge >= 0.3 is 0 Å². The SMILES string of the molecule is CC(C)Cc1ccc(C(O)CBr)cc1. The van der Waals surface area contributed by atoms with Crippen LogP contribution in [0.3, 0.4) is 0 Å². The third-order valence-corrected chi connectivity index (χ3v) is 2.77. The molecule has 14 heavy (non-hydrogen) atoms. The fraction of sp³-hybridized carbons (Fsp3) is 0.500. The molecule has 0 aliphatic heterocycles. The lowest BCUT2D eigenvalue weighted by atomic mass is 10.0. The minimum Gasteiger partial charge on any atom is -0.388 e. The predicted octanol–water partition coefficient (Wildman–Crippen LogP) is 3.31. The first kappa shape index (κ1) is 11.7. The van der Waals surface area contributed by atoms with Crippen LogP contribution in [-0.2, 0) is 6.42 Å². The lowest BCUT2D eigenvalue weighted by molar-refractivity contribution is 0.205. The van der Waals surface area contributed by atoms with Crippen molar-refractivity contribution in [2.24, 2.45) is 5.92 Å². The summed E-state index contributed by atoms with van der Waals surface area (Å²) in [6.45, 7) is 4.42. The van der Waals surface area contributed by atoms with E-state index in [4.69, 9.17) is 0 Å². The van der Waals surface area contributed by atoms with Gasteiger partial charge in [-0.05, 0) is 23.5 Å². The summed E-state index contributed by atoms with van der Waals surface area (Å²) in [6.07, 6.45) is 0.716. The molecule has 78 valence electrons. The summed E-state index contributed by atoms with van der Waals surface area (Å²) in [5, 5.41) is 10.1. The third-order valence-electron chi connectivity index (χ3n) is 2.15. The molecular formula is C12H17BrO. The Morgan fingerprint density at radius 2 is 1.79 bits per heavy atom. The van der Waals surface area contributed by atoms with Crippen molar-refractivity contribution in [3.63, 3.8) is 0 Å². The summed E-state index contributed by atoms with van der Waals surface area (Å²) in [4.78, 5) is 0. The number of hydrogen-bond donors (Lipinski definition) is 1. The average molecular weight is 257 g/mol. The highest BCUT2D eigenvalue weighted by Gasteiger charge is 2.05. The van der Waals surface area contributed by atoms with Crippen LogP contribution in [0.15, 0.2) is 24.3 Å². The number of rotatable bonds is 4. The van der Waals surface area contributed by atoms with Crippen molar-refractivity contribution in [3.8, 4) is 0 Å². The van der Waals surface area contributed by atoms with Gasteiger partial charge < -0.3 is 5.11 Å². The van der Waals surface area contributed by atoms with Crippen LogP contribution in [0, 0.1) is 5.92 Å². The lowest BCUT2D eigenvalue weighted by Gasteiger charge is -2.09. The Balaban J connectivity index is 2.68. The largest absolute Gasteiger partial charge is 0.388 e. The number of halogens is 1. The summed E-state index contributed by atoms with van der Waals surface area (Å²) in [5.74, 6) is 0.682. The van der Waals surface area contributed by atoms with E-state index < -0.39 is 0 Å². The standard InChI is InChI=1S/C12H17BrO/c1-9(2)7-10-3-5-11(6-4-10)12(14)8-13/h3-6,9,12,14H,7-8H2,1-2H3. The number of aliphatic hydroxyl groups excluding tert-OH is 1. The Hall–Kier alpha value is -0.340. The van der Waals surface area contributed by atoms with Gasteiger partial charge in [-0.2, -0.15) is 0 Å². The third kappa shape index (κ3) is 3.43. The van der Waals surface area contributed by atoms with Gasteiger partial charge in [-0.1, -0.05) is 54.0 Å². The van der Waals surface area contributed by atoms with Crippen LogP contribution < -0.4 is 0 Å². The second-order valence-corrected chi connectivity index (χ2v) is 4.66.